The van der Waals surface area contributed by atoms with Crippen molar-refractivity contribution in [2.45, 2.75) is 40.2 Å². The van der Waals surface area contributed by atoms with E-state index in [0.717, 1.165) is 11.1 Å². The second-order valence-electron chi connectivity index (χ2n) is 6.10. The maximum atomic E-state index is 12.6. The molecular formula is C19H26N2O6. The first-order valence-corrected chi connectivity index (χ1v) is 8.70. The molecular weight excluding hydrogens is 352 g/mol. The van der Waals surface area contributed by atoms with Gasteiger partial charge in [0.2, 0.25) is 5.91 Å². The molecule has 0 radical (unpaired) electrons. The molecule has 8 heteroatoms. The first-order chi connectivity index (χ1) is 12.7. The summed E-state index contributed by atoms with van der Waals surface area (Å²) in [6, 6.07) is 3.77. The number of ether oxygens (including phenoxy) is 2. The summed E-state index contributed by atoms with van der Waals surface area (Å²) in [5.74, 6) is -4.31. The van der Waals surface area contributed by atoms with Crippen LogP contribution in [0.5, 0.6) is 0 Å². The highest BCUT2D eigenvalue weighted by Gasteiger charge is 2.37. The molecule has 0 aliphatic rings. The second kappa shape index (κ2) is 10.3. The lowest BCUT2D eigenvalue weighted by molar-refractivity contribution is -0.156. The maximum absolute atomic E-state index is 12.6. The highest BCUT2D eigenvalue weighted by Crippen LogP contribution is 2.15. The van der Waals surface area contributed by atoms with Gasteiger partial charge in [-0.15, -0.1) is 0 Å². The Morgan fingerprint density at radius 1 is 1.00 bits per heavy atom. The van der Waals surface area contributed by atoms with Crippen molar-refractivity contribution < 1.29 is 28.7 Å². The summed E-state index contributed by atoms with van der Waals surface area (Å²) < 4.78 is 9.77. The SMILES string of the molecule is CCOC(=O)C[C@H](C(=O)OCC)[C@H](NC(=O)c1cc(C)cc(C)c1)C(N)=O. The van der Waals surface area contributed by atoms with Gasteiger partial charge >= 0.3 is 11.9 Å². The van der Waals surface area contributed by atoms with Gasteiger partial charge in [0, 0.05) is 5.56 Å². The number of primary amides is 1. The molecule has 0 aliphatic carbocycles. The molecule has 0 heterocycles. The molecule has 27 heavy (non-hydrogen) atoms. The molecule has 1 aromatic rings. The minimum absolute atomic E-state index is 0.0503. The van der Waals surface area contributed by atoms with Crippen molar-refractivity contribution in [2.24, 2.45) is 11.7 Å². The minimum atomic E-state index is -1.42. The van der Waals surface area contributed by atoms with E-state index in [4.69, 9.17) is 15.2 Å². The molecule has 0 aromatic heterocycles. The summed E-state index contributed by atoms with van der Waals surface area (Å²) in [6.07, 6.45) is -0.437. The molecule has 1 rings (SSSR count). The van der Waals surface area contributed by atoms with Gasteiger partial charge in [0.1, 0.15) is 6.04 Å². The predicted molar refractivity (Wildman–Crippen MR) is 97.7 cm³/mol. The summed E-state index contributed by atoms with van der Waals surface area (Å²) in [5.41, 5.74) is 7.44. The Morgan fingerprint density at radius 2 is 1.56 bits per heavy atom. The van der Waals surface area contributed by atoms with Crippen LogP contribution in [0.3, 0.4) is 0 Å². The fourth-order valence-electron chi connectivity index (χ4n) is 2.69. The van der Waals surface area contributed by atoms with Crippen LogP contribution in [0, 0.1) is 19.8 Å². The van der Waals surface area contributed by atoms with E-state index in [2.05, 4.69) is 5.32 Å². The van der Waals surface area contributed by atoms with E-state index < -0.39 is 42.1 Å². The van der Waals surface area contributed by atoms with Crippen LogP contribution >= 0.6 is 0 Å². The minimum Gasteiger partial charge on any atom is -0.466 e. The monoisotopic (exact) mass is 378 g/mol. The quantitative estimate of drug-likeness (QED) is 0.618. The summed E-state index contributed by atoms with van der Waals surface area (Å²) in [4.78, 5) is 48.6. The van der Waals surface area contributed by atoms with E-state index in [0.29, 0.717) is 5.56 Å². The Kier molecular flexibility index (Phi) is 8.44. The lowest BCUT2D eigenvalue weighted by Crippen LogP contribution is -2.52. The number of esters is 2. The van der Waals surface area contributed by atoms with Crippen molar-refractivity contribution in [1.82, 2.24) is 5.32 Å². The number of hydrogen-bond acceptors (Lipinski definition) is 6. The van der Waals surface area contributed by atoms with Crippen molar-refractivity contribution in [1.29, 1.82) is 0 Å². The molecule has 148 valence electrons. The lowest BCUT2D eigenvalue weighted by Gasteiger charge is -2.23. The number of amides is 2. The summed E-state index contributed by atoms with van der Waals surface area (Å²) >= 11 is 0. The molecule has 3 N–H and O–H groups in total. The Labute approximate surface area is 158 Å². The van der Waals surface area contributed by atoms with Crippen LogP contribution in [0.2, 0.25) is 0 Å². The van der Waals surface area contributed by atoms with Gasteiger partial charge in [0.05, 0.1) is 25.6 Å². The molecule has 0 saturated heterocycles. The third-order valence-corrected chi connectivity index (χ3v) is 3.76. The molecule has 2 amide bonds. The number of benzene rings is 1. The molecule has 0 spiro atoms. The average Bonchev–Trinajstić information content (AvgIpc) is 2.57. The van der Waals surface area contributed by atoms with E-state index in [1.807, 2.05) is 19.9 Å². The molecule has 0 bridgehead atoms. The van der Waals surface area contributed by atoms with Gasteiger partial charge in [-0.05, 0) is 39.8 Å². The summed E-state index contributed by atoms with van der Waals surface area (Å²) in [6.45, 7) is 7.03. The Bertz CT molecular complexity index is 696. The zero-order valence-electron chi connectivity index (χ0n) is 16.0. The highest BCUT2D eigenvalue weighted by molar-refractivity contribution is 5.99. The fourth-order valence-corrected chi connectivity index (χ4v) is 2.69. The van der Waals surface area contributed by atoms with Gasteiger partial charge in [-0.1, -0.05) is 17.2 Å². The van der Waals surface area contributed by atoms with Gasteiger partial charge in [-0.3, -0.25) is 19.2 Å². The van der Waals surface area contributed by atoms with Crippen LogP contribution in [-0.4, -0.2) is 43.0 Å². The number of carbonyl (C=O) groups excluding carboxylic acids is 4. The highest BCUT2D eigenvalue weighted by atomic mass is 16.5. The molecule has 0 saturated carbocycles. The Hall–Kier alpha value is -2.90. The van der Waals surface area contributed by atoms with Gasteiger partial charge in [-0.2, -0.15) is 0 Å². The third kappa shape index (κ3) is 6.73. The van der Waals surface area contributed by atoms with Gasteiger partial charge < -0.3 is 20.5 Å². The van der Waals surface area contributed by atoms with Gasteiger partial charge in [0.15, 0.2) is 0 Å². The Morgan fingerprint density at radius 3 is 2.04 bits per heavy atom. The first-order valence-electron chi connectivity index (χ1n) is 8.70. The normalized spacial score (nSPS) is 12.6. The number of nitrogens with two attached hydrogens (primary N) is 1. The van der Waals surface area contributed by atoms with E-state index in [1.165, 1.54) is 0 Å². The number of rotatable bonds is 9. The van der Waals surface area contributed by atoms with Crippen molar-refractivity contribution in [3.8, 4) is 0 Å². The van der Waals surface area contributed by atoms with E-state index >= 15 is 0 Å². The molecule has 1 aromatic carbocycles. The van der Waals surface area contributed by atoms with Crippen molar-refractivity contribution in [2.75, 3.05) is 13.2 Å². The van der Waals surface area contributed by atoms with Crippen LogP contribution in [-0.2, 0) is 23.9 Å². The first kappa shape index (κ1) is 22.1. The van der Waals surface area contributed by atoms with Gasteiger partial charge in [-0.25, -0.2) is 0 Å². The summed E-state index contributed by atoms with van der Waals surface area (Å²) in [7, 11) is 0. The van der Waals surface area contributed by atoms with Crippen molar-refractivity contribution >= 4 is 23.8 Å². The zero-order valence-corrected chi connectivity index (χ0v) is 16.0. The molecule has 0 unspecified atom stereocenters. The fraction of sp³-hybridized carbons (Fsp3) is 0.474. The molecule has 0 aliphatic heterocycles. The topological polar surface area (TPSA) is 125 Å². The second-order valence-corrected chi connectivity index (χ2v) is 6.10. The van der Waals surface area contributed by atoms with Gasteiger partial charge in [0.25, 0.3) is 5.91 Å². The zero-order chi connectivity index (χ0) is 20.6. The van der Waals surface area contributed by atoms with E-state index in [1.54, 1.807) is 26.0 Å². The summed E-state index contributed by atoms with van der Waals surface area (Å²) in [5, 5.41) is 2.45. The maximum Gasteiger partial charge on any atom is 0.312 e. The molecule has 0 fully saturated rings. The lowest BCUT2D eigenvalue weighted by atomic mass is 9.94. The van der Waals surface area contributed by atoms with Crippen LogP contribution in [0.25, 0.3) is 0 Å². The number of carbonyl (C=O) groups is 4. The van der Waals surface area contributed by atoms with Crippen LogP contribution in [0.1, 0.15) is 41.8 Å². The average molecular weight is 378 g/mol. The largest absolute Gasteiger partial charge is 0.466 e. The van der Waals surface area contributed by atoms with Crippen LogP contribution in [0.15, 0.2) is 18.2 Å². The van der Waals surface area contributed by atoms with Crippen molar-refractivity contribution in [3.63, 3.8) is 0 Å². The molecule has 2 atom stereocenters. The van der Waals surface area contributed by atoms with Crippen LogP contribution in [0.4, 0.5) is 0 Å². The van der Waals surface area contributed by atoms with Crippen molar-refractivity contribution in [3.05, 3.63) is 34.9 Å². The number of aryl methyl sites for hydroxylation is 2. The van der Waals surface area contributed by atoms with E-state index in [9.17, 15) is 19.2 Å². The standard InChI is InChI=1S/C19H26N2O6/c1-5-26-15(22)10-14(19(25)27-6-2)16(17(20)23)21-18(24)13-8-11(3)7-12(4)9-13/h7-9,14,16H,5-6,10H2,1-4H3,(H2,20,23)(H,21,24)/t14-,16-/m0/s1. The van der Waals surface area contributed by atoms with E-state index in [-0.39, 0.29) is 13.2 Å². The molecule has 8 nitrogen and oxygen atoms in total. The Balaban J connectivity index is 3.11. The predicted octanol–water partition coefficient (Wildman–Crippen LogP) is 1.02. The third-order valence-electron chi connectivity index (χ3n) is 3.76. The number of nitrogens with one attached hydrogen (secondary N) is 1. The smallest absolute Gasteiger partial charge is 0.312 e. The number of hydrogen-bond donors (Lipinski definition) is 2. The van der Waals surface area contributed by atoms with Crippen LogP contribution < -0.4 is 11.1 Å².